The molecule has 5 heteroatoms. The fourth-order valence-electron chi connectivity index (χ4n) is 3.71. The molecule has 4 rings (SSSR count). The van der Waals surface area contributed by atoms with Gasteiger partial charge < -0.3 is 9.64 Å². The third-order valence-corrected chi connectivity index (χ3v) is 5.82. The summed E-state index contributed by atoms with van der Waals surface area (Å²) in [5.74, 6) is 0.827. The van der Waals surface area contributed by atoms with Gasteiger partial charge in [0.05, 0.1) is 0 Å². The normalized spacial score (nSPS) is 14.5. The van der Waals surface area contributed by atoms with Gasteiger partial charge in [-0.3, -0.25) is 9.69 Å². The zero-order valence-corrected chi connectivity index (χ0v) is 18.5. The second-order valence-corrected chi connectivity index (χ2v) is 8.43. The van der Waals surface area contributed by atoms with Gasteiger partial charge in [-0.05, 0) is 48.4 Å². The van der Waals surface area contributed by atoms with Crippen LogP contribution in [-0.4, -0.2) is 41.9 Å². The van der Waals surface area contributed by atoms with E-state index in [1.54, 1.807) is 6.07 Å². The van der Waals surface area contributed by atoms with Crippen molar-refractivity contribution >= 4 is 17.5 Å². The van der Waals surface area contributed by atoms with Crippen molar-refractivity contribution in [3.63, 3.8) is 0 Å². The molecule has 0 atom stereocenters. The van der Waals surface area contributed by atoms with Gasteiger partial charge in [0, 0.05) is 43.3 Å². The molecular weight excluding hydrogens is 408 g/mol. The summed E-state index contributed by atoms with van der Waals surface area (Å²) in [6.45, 7) is 6.77. The summed E-state index contributed by atoms with van der Waals surface area (Å²) in [7, 11) is 0. The zero-order chi connectivity index (χ0) is 21.6. The number of piperazine rings is 1. The molecule has 3 aromatic rings. The fraction of sp³-hybridized carbons (Fsp3) is 0.269. The number of rotatable bonds is 6. The molecule has 1 saturated heterocycles. The third-order valence-electron chi connectivity index (χ3n) is 5.59. The number of aryl methyl sites for hydroxylation is 1. The summed E-state index contributed by atoms with van der Waals surface area (Å²) in [6.07, 6.45) is 0. The van der Waals surface area contributed by atoms with Gasteiger partial charge in [0.15, 0.2) is 0 Å². The van der Waals surface area contributed by atoms with Crippen LogP contribution in [0.15, 0.2) is 72.8 Å². The number of hydrogen-bond donors (Lipinski definition) is 0. The smallest absolute Gasteiger partial charge is 0.253 e. The predicted octanol–water partition coefficient (Wildman–Crippen LogP) is 5.19. The number of hydrogen-bond acceptors (Lipinski definition) is 3. The minimum Gasteiger partial charge on any atom is -0.489 e. The first-order valence-electron chi connectivity index (χ1n) is 10.6. The summed E-state index contributed by atoms with van der Waals surface area (Å²) in [5, 5.41) is 0.650. The summed E-state index contributed by atoms with van der Waals surface area (Å²) in [4.78, 5) is 17.2. The van der Waals surface area contributed by atoms with Crippen molar-refractivity contribution in [3.05, 3.63) is 100 Å². The molecule has 31 heavy (non-hydrogen) atoms. The molecule has 160 valence electrons. The quantitative estimate of drug-likeness (QED) is 0.535. The van der Waals surface area contributed by atoms with Gasteiger partial charge in [0.2, 0.25) is 0 Å². The van der Waals surface area contributed by atoms with E-state index >= 15 is 0 Å². The Labute approximate surface area is 189 Å². The van der Waals surface area contributed by atoms with Crippen LogP contribution in [0.1, 0.15) is 27.0 Å². The van der Waals surface area contributed by atoms with Crippen molar-refractivity contribution in [1.82, 2.24) is 9.80 Å². The third kappa shape index (κ3) is 5.87. The number of halogens is 1. The van der Waals surface area contributed by atoms with Crippen molar-refractivity contribution in [2.24, 2.45) is 0 Å². The van der Waals surface area contributed by atoms with E-state index in [2.05, 4.69) is 36.1 Å². The fourth-order valence-corrected chi connectivity index (χ4v) is 3.89. The highest BCUT2D eigenvalue weighted by Gasteiger charge is 2.22. The summed E-state index contributed by atoms with van der Waals surface area (Å²) in [6, 6.07) is 23.7. The van der Waals surface area contributed by atoms with Crippen LogP contribution in [0.25, 0.3) is 0 Å². The van der Waals surface area contributed by atoms with Crippen molar-refractivity contribution < 1.29 is 9.53 Å². The second-order valence-electron chi connectivity index (χ2n) is 8.00. The van der Waals surface area contributed by atoms with E-state index < -0.39 is 0 Å². The molecule has 1 aliphatic heterocycles. The molecule has 0 saturated carbocycles. The molecule has 4 nitrogen and oxygen atoms in total. The Bertz CT molecular complexity index is 1010. The molecule has 1 amide bonds. The van der Waals surface area contributed by atoms with E-state index in [4.69, 9.17) is 16.3 Å². The van der Waals surface area contributed by atoms with Gasteiger partial charge in [0.1, 0.15) is 12.4 Å². The molecule has 0 aliphatic carbocycles. The lowest BCUT2D eigenvalue weighted by Crippen LogP contribution is -2.48. The lowest BCUT2D eigenvalue weighted by Gasteiger charge is -2.34. The number of benzene rings is 3. The first kappa shape index (κ1) is 21.4. The topological polar surface area (TPSA) is 32.8 Å². The van der Waals surface area contributed by atoms with Gasteiger partial charge in [-0.25, -0.2) is 0 Å². The Balaban J connectivity index is 1.27. The average molecular weight is 435 g/mol. The summed E-state index contributed by atoms with van der Waals surface area (Å²) in [5.41, 5.74) is 4.33. The lowest BCUT2D eigenvalue weighted by atomic mass is 10.1. The highest BCUT2D eigenvalue weighted by molar-refractivity contribution is 6.30. The average Bonchev–Trinajstić information content (AvgIpc) is 2.80. The number of amides is 1. The lowest BCUT2D eigenvalue weighted by molar-refractivity contribution is 0.0628. The van der Waals surface area contributed by atoms with Crippen LogP contribution < -0.4 is 4.74 Å². The molecule has 1 aliphatic rings. The van der Waals surface area contributed by atoms with Crippen molar-refractivity contribution in [2.75, 3.05) is 26.2 Å². The first-order chi connectivity index (χ1) is 15.1. The Kier molecular flexibility index (Phi) is 6.90. The van der Waals surface area contributed by atoms with Crippen LogP contribution >= 0.6 is 11.6 Å². The van der Waals surface area contributed by atoms with Gasteiger partial charge in [0.25, 0.3) is 5.91 Å². The van der Waals surface area contributed by atoms with E-state index in [0.29, 0.717) is 11.6 Å². The Morgan fingerprint density at radius 2 is 1.58 bits per heavy atom. The van der Waals surface area contributed by atoms with Crippen LogP contribution in [-0.2, 0) is 13.2 Å². The number of ether oxygens (including phenoxy) is 1. The van der Waals surface area contributed by atoms with Crippen LogP contribution in [0.5, 0.6) is 5.75 Å². The van der Waals surface area contributed by atoms with E-state index in [-0.39, 0.29) is 5.91 Å². The molecule has 1 fully saturated rings. The highest BCUT2D eigenvalue weighted by Crippen LogP contribution is 2.19. The minimum atomic E-state index is 0.0947. The standard InChI is InChI=1S/C26H27ClN2O2/c1-20-5-7-21(8-6-20)18-28-13-15-29(16-14-28)26(30)23-11-9-22(10-12-23)19-31-25-4-2-3-24(27)17-25/h2-12,17H,13-16,18-19H2,1H3. The molecule has 0 radical (unpaired) electrons. The molecule has 0 aromatic heterocycles. The monoisotopic (exact) mass is 434 g/mol. The molecule has 0 spiro atoms. The van der Waals surface area contributed by atoms with Crippen LogP contribution in [0.2, 0.25) is 5.02 Å². The minimum absolute atomic E-state index is 0.0947. The van der Waals surface area contributed by atoms with Gasteiger partial charge in [-0.2, -0.15) is 0 Å². The maximum Gasteiger partial charge on any atom is 0.253 e. The number of carbonyl (C=O) groups is 1. The Morgan fingerprint density at radius 1 is 0.903 bits per heavy atom. The van der Waals surface area contributed by atoms with Crippen molar-refractivity contribution in [1.29, 1.82) is 0 Å². The van der Waals surface area contributed by atoms with E-state index in [9.17, 15) is 4.79 Å². The number of nitrogens with zero attached hydrogens (tertiary/aromatic N) is 2. The Morgan fingerprint density at radius 3 is 2.26 bits per heavy atom. The summed E-state index contributed by atoms with van der Waals surface area (Å²) >= 11 is 5.99. The predicted molar refractivity (Wildman–Crippen MR) is 125 cm³/mol. The molecule has 0 N–H and O–H groups in total. The van der Waals surface area contributed by atoms with Crippen molar-refractivity contribution in [3.8, 4) is 5.75 Å². The molecular formula is C26H27ClN2O2. The van der Waals surface area contributed by atoms with Crippen LogP contribution in [0.4, 0.5) is 0 Å². The van der Waals surface area contributed by atoms with Gasteiger partial charge >= 0.3 is 0 Å². The van der Waals surface area contributed by atoms with Gasteiger partial charge in [-0.15, -0.1) is 0 Å². The molecule has 3 aromatic carbocycles. The zero-order valence-electron chi connectivity index (χ0n) is 17.8. The maximum absolute atomic E-state index is 12.9. The van der Waals surface area contributed by atoms with E-state index in [1.807, 2.05) is 47.4 Å². The molecule has 0 bridgehead atoms. The van der Waals surface area contributed by atoms with Crippen LogP contribution in [0.3, 0.4) is 0 Å². The Hall–Kier alpha value is -2.82. The van der Waals surface area contributed by atoms with Crippen molar-refractivity contribution in [2.45, 2.75) is 20.1 Å². The largest absolute Gasteiger partial charge is 0.489 e. The summed E-state index contributed by atoms with van der Waals surface area (Å²) < 4.78 is 5.77. The molecule has 1 heterocycles. The van der Waals surface area contributed by atoms with E-state index in [0.717, 1.165) is 49.6 Å². The highest BCUT2D eigenvalue weighted by atomic mass is 35.5. The van der Waals surface area contributed by atoms with Crippen LogP contribution in [0, 0.1) is 6.92 Å². The van der Waals surface area contributed by atoms with E-state index in [1.165, 1.54) is 11.1 Å². The maximum atomic E-state index is 12.9. The first-order valence-corrected chi connectivity index (χ1v) is 11.0. The SMILES string of the molecule is Cc1ccc(CN2CCN(C(=O)c3ccc(COc4cccc(Cl)c4)cc3)CC2)cc1. The second kappa shape index (κ2) is 9.99. The number of carbonyl (C=O) groups excluding carboxylic acids is 1. The molecule has 0 unspecified atom stereocenters. The van der Waals surface area contributed by atoms with Gasteiger partial charge in [-0.1, -0.05) is 59.6 Å².